The van der Waals surface area contributed by atoms with Gasteiger partial charge in [0.15, 0.2) is 6.54 Å². The lowest BCUT2D eigenvalue weighted by molar-refractivity contribution is -0.921. The number of esters is 1. The summed E-state index contributed by atoms with van der Waals surface area (Å²) in [6, 6.07) is 9.42. The lowest BCUT2D eigenvalue weighted by atomic mass is 10.2. The van der Waals surface area contributed by atoms with Gasteiger partial charge in [0.05, 0.1) is 19.6 Å². The van der Waals surface area contributed by atoms with Crippen LogP contribution in [0, 0.1) is 0 Å². The second-order valence-corrected chi connectivity index (χ2v) is 14.2. The van der Waals surface area contributed by atoms with Gasteiger partial charge >= 0.3 is 24.2 Å². The summed E-state index contributed by atoms with van der Waals surface area (Å²) in [6.45, 7) is 19.2. The minimum Gasteiger partial charge on any atom is -0.456 e. The second kappa shape index (κ2) is 18.4. The van der Waals surface area contributed by atoms with Crippen LogP contribution in [0.25, 0.3) is 0 Å². The summed E-state index contributed by atoms with van der Waals surface area (Å²) < 4.78 is 22.0. The molecule has 0 atom stereocenters. The van der Waals surface area contributed by atoms with Crippen LogP contribution >= 0.6 is 0 Å². The highest BCUT2D eigenvalue weighted by Gasteiger charge is 2.32. The van der Waals surface area contributed by atoms with E-state index in [9.17, 15) is 19.2 Å². The smallest absolute Gasteiger partial charge is 0.407 e. The van der Waals surface area contributed by atoms with E-state index < -0.39 is 35.1 Å². The Morgan fingerprint density at radius 3 is 1.40 bits per heavy atom. The standard InChI is InChI=1S/C33H56N4O8/c1-31(2,3)43-27(38)24-37(22-14-19-35-29(40)44-32(4,5)6,23-15-20-36-30(41)45-33(7,8)9)21-13-18-34-28(39)42-25-26-16-11-10-12-17-26/h10-12,16-17H,13-15,18-25H2,1-9H3,(H2-,34,35,36,39,40,41)/p+1. The van der Waals surface area contributed by atoms with E-state index in [1.807, 2.05) is 51.1 Å². The summed E-state index contributed by atoms with van der Waals surface area (Å²) in [7, 11) is 0. The molecule has 0 radical (unpaired) electrons. The first-order valence-corrected chi connectivity index (χ1v) is 15.7. The molecule has 1 rings (SSSR count). The van der Waals surface area contributed by atoms with Gasteiger partial charge < -0.3 is 39.4 Å². The van der Waals surface area contributed by atoms with Crippen molar-refractivity contribution in [3.05, 3.63) is 35.9 Å². The van der Waals surface area contributed by atoms with Crippen LogP contribution in [0.5, 0.6) is 0 Å². The molecule has 0 unspecified atom stereocenters. The Hall–Kier alpha value is -3.54. The van der Waals surface area contributed by atoms with Crippen molar-refractivity contribution in [2.24, 2.45) is 0 Å². The fourth-order valence-corrected chi connectivity index (χ4v) is 4.44. The van der Waals surface area contributed by atoms with Crippen molar-refractivity contribution in [1.29, 1.82) is 0 Å². The zero-order valence-corrected chi connectivity index (χ0v) is 28.9. The number of rotatable bonds is 16. The van der Waals surface area contributed by atoms with E-state index in [1.54, 1.807) is 41.5 Å². The fourth-order valence-electron chi connectivity index (χ4n) is 4.44. The van der Waals surface area contributed by atoms with Crippen molar-refractivity contribution in [3.63, 3.8) is 0 Å². The van der Waals surface area contributed by atoms with Crippen molar-refractivity contribution in [3.8, 4) is 0 Å². The molecular formula is C33H57N4O8+. The van der Waals surface area contributed by atoms with Gasteiger partial charge in [0.25, 0.3) is 0 Å². The lowest BCUT2D eigenvalue weighted by Crippen LogP contribution is -2.55. The highest BCUT2D eigenvalue weighted by molar-refractivity contribution is 5.71. The van der Waals surface area contributed by atoms with E-state index in [0.29, 0.717) is 63.0 Å². The molecule has 0 aliphatic heterocycles. The Labute approximate surface area is 269 Å². The van der Waals surface area contributed by atoms with Crippen LogP contribution in [0.2, 0.25) is 0 Å². The number of quaternary nitrogens is 1. The van der Waals surface area contributed by atoms with Crippen LogP contribution < -0.4 is 16.0 Å². The van der Waals surface area contributed by atoms with Crippen molar-refractivity contribution in [2.45, 2.75) is 105 Å². The molecule has 12 nitrogen and oxygen atoms in total. The largest absolute Gasteiger partial charge is 0.456 e. The minimum absolute atomic E-state index is 0.0919. The van der Waals surface area contributed by atoms with Crippen LogP contribution in [-0.4, -0.2) is 91.3 Å². The van der Waals surface area contributed by atoms with Crippen LogP contribution in [0.1, 0.15) is 87.1 Å². The monoisotopic (exact) mass is 637 g/mol. The topological polar surface area (TPSA) is 141 Å². The van der Waals surface area contributed by atoms with Gasteiger partial charge in [0, 0.05) is 38.9 Å². The number of carbonyl (C=O) groups excluding carboxylic acids is 4. The van der Waals surface area contributed by atoms with E-state index in [0.717, 1.165) is 5.56 Å². The first-order chi connectivity index (χ1) is 20.8. The third-order valence-corrected chi connectivity index (χ3v) is 6.13. The summed E-state index contributed by atoms with van der Waals surface area (Å²) in [6.07, 6.45) is 0.150. The van der Waals surface area contributed by atoms with Crippen LogP contribution in [0.3, 0.4) is 0 Å². The Balaban J connectivity index is 2.93. The molecule has 0 fully saturated rings. The van der Waals surface area contributed by atoms with Gasteiger partial charge in [-0.15, -0.1) is 0 Å². The molecule has 1 aromatic rings. The number of ether oxygens (including phenoxy) is 4. The van der Waals surface area contributed by atoms with Gasteiger partial charge in [-0.3, -0.25) is 0 Å². The van der Waals surface area contributed by atoms with Gasteiger partial charge in [-0.05, 0) is 67.9 Å². The second-order valence-electron chi connectivity index (χ2n) is 14.2. The Kier molecular flexibility index (Phi) is 16.2. The molecule has 3 amide bonds. The van der Waals surface area contributed by atoms with Crippen LogP contribution in [-0.2, 0) is 30.3 Å². The predicted octanol–water partition coefficient (Wildman–Crippen LogP) is 5.29. The molecule has 0 bridgehead atoms. The number of alkyl carbamates (subject to hydrolysis) is 3. The molecule has 0 aromatic heterocycles. The number of benzene rings is 1. The first kappa shape index (κ1) is 39.5. The molecule has 0 heterocycles. The van der Waals surface area contributed by atoms with Crippen molar-refractivity contribution >= 4 is 24.2 Å². The lowest BCUT2D eigenvalue weighted by Gasteiger charge is -2.39. The summed E-state index contributed by atoms with van der Waals surface area (Å²) in [5, 5.41) is 8.36. The normalized spacial score (nSPS) is 12.1. The molecule has 0 saturated heterocycles. The summed E-state index contributed by atoms with van der Waals surface area (Å²) >= 11 is 0. The van der Waals surface area contributed by atoms with E-state index in [1.165, 1.54) is 0 Å². The predicted molar refractivity (Wildman–Crippen MR) is 173 cm³/mol. The maximum atomic E-state index is 13.1. The molecule has 0 spiro atoms. The molecule has 1 aromatic carbocycles. The molecule has 3 N–H and O–H groups in total. The number of hydrogen-bond donors (Lipinski definition) is 3. The van der Waals surface area contributed by atoms with E-state index in [4.69, 9.17) is 18.9 Å². The third-order valence-electron chi connectivity index (χ3n) is 6.13. The zero-order chi connectivity index (χ0) is 34.2. The SMILES string of the molecule is CC(C)(C)OC(=O)C[N+](CCCNC(=O)OCc1ccccc1)(CCCNC(=O)OC(C)(C)C)CCCNC(=O)OC(C)(C)C. The molecular weight excluding hydrogens is 580 g/mol. The molecule has 12 heteroatoms. The van der Waals surface area contributed by atoms with Gasteiger partial charge in [0.2, 0.25) is 0 Å². The molecule has 0 aliphatic rings. The Morgan fingerprint density at radius 2 is 1.00 bits per heavy atom. The number of nitrogens with zero attached hydrogens (tertiary/aromatic N) is 1. The Morgan fingerprint density at radius 1 is 0.600 bits per heavy atom. The quantitative estimate of drug-likeness (QED) is 0.0961. The number of carbonyl (C=O) groups is 4. The van der Waals surface area contributed by atoms with Crippen LogP contribution in [0.15, 0.2) is 30.3 Å². The third kappa shape index (κ3) is 20.9. The Bertz CT molecular complexity index is 1020. The van der Waals surface area contributed by atoms with Crippen LogP contribution in [0.4, 0.5) is 14.4 Å². The molecule has 256 valence electrons. The zero-order valence-electron chi connectivity index (χ0n) is 28.9. The molecule has 0 saturated carbocycles. The average Bonchev–Trinajstić information content (AvgIpc) is 2.88. The molecule has 45 heavy (non-hydrogen) atoms. The van der Waals surface area contributed by atoms with Gasteiger partial charge in [0.1, 0.15) is 23.4 Å². The van der Waals surface area contributed by atoms with Crippen molar-refractivity contribution in [2.75, 3.05) is 45.8 Å². The van der Waals surface area contributed by atoms with E-state index in [-0.39, 0.29) is 19.1 Å². The van der Waals surface area contributed by atoms with Gasteiger partial charge in [-0.25, -0.2) is 19.2 Å². The highest BCUT2D eigenvalue weighted by atomic mass is 16.6. The number of amides is 3. The average molecular weight is 638 g/mol. The number of nitrogens with one attached hydrogen (secondary N) is 3. The summed E-state index contributed by atoms with van der Waals surface area (Å²) in [4.78, 5) is 49.8. The fraction of sp³-hybridized carbons (Fsp3) is 0.697. The van der Waals surface area contributed by atoms with Crippen molar-refractivity contribution < 1.29 is 42.6 Å². The maximum Gasteiger partial charge on any atom is 0.407 e. The van der Waals surface area contributed by atoms with Crippen molar-refractivity contribution in [1.82, 2.24) is 16.0 Å². The van der Waals surface area contributed by atoms with E-state index in [2.05, 4.69) is 16.0 Å². The minimum atomic E-state index is -0.659. The summed E-state index contributed by atoms with van der Waals surface area (Å²) in [5.74, 6) is -0.349. The van der Waals surface area contributed by atoms with Gasteiger partial charge in [-0.2, -0.15) is 0 Å². The van der Waals surface area contributed by atoms with Gasteiger partial charge in [-0.1, -0.05) is 30.3 Å². The highest BCUT2D eigenvalue weighted by Crippen LogP contribution is 2.16. The maximum absolute atomic E-state index is 13.1. The molecule has 0 aliphatic carbocycles. The van der Waals surface area contributed by atoms with E-state index >= 15 is 0 Å². The number of hydrogen-bond acceptors (Lipinski definition) is 8. The summed E-state index contributed by atoms with van der Waals surface area (Å²) in [5.41, 5.74) is -0.998. The first-order valence-electron chi connectivity index (χ1n) is 15.7.